The maximum absolute atomic E-state index is 6.83. The highest BCUT2D eigenvalue weighted by Gasteiger charge is 2.53. The van der Waals surface area contributed by atoms with Gasteiger partial charge in [-0.05, 0) is 204 Å². The lowest BCUT2D eigenvalue weighted by molar-refractivity contribution is 0.583. The summed E-state index contributed by atoms with van der Waals surface area (Å²) >= 11 is 0. The molecule has 144 heavy (non-hydrogen) atoms. The monoisotopic (exact) mass is 1840 g/mol. The van der Waals surface area contributed by atoms with E-state index in [1.54, 1.807) is 0 Å². The normalized spacial score (nSPS) is 14.1. The number of aromatic nitrogens is 6. The SMILES string of the molecule is CC1(C)c2ccccc2-c2c(N(c3ccc(-c4ccc5oc6cccc(-c7nc(-c8ccccc8)nc(-c8ccc(CC9(C)c%10ccccc%10-c%10c(N(c%11ccc(-c%12ccc%13oc%14cccc(-c%15nc(-c%16ccccc%16)nc(-c%16ccccc%16)n%15)c%14c%13c%12)cc%11)c%11cccc%12c%11-c%11ccccc%11C%12%11c%12ccccc%12-c%12ccccc%12%11)cccc%109)cc8)n7)c6c5c4)cc3)c3cccc4oc5ccccc5c34)cccc21. The zero-order valence-corrected chi connectivity index (χ0v) is 78.8. The minimum atomic E-state index is -0.584. The third-order valence-electron chi connectivity index (χ3n) is 30.9. The quantitative estimate of drug-likeness (QED) is 0.0918. The third-order valence-corrected chi connectivity index (χ3v) is 30.9. The molecule has 0 N–H and O–H groups in total. The number of fused-ring (bicyclic) bond motifs is 25. The highest BCUT2D eigenvalue weighted by atomic mass is 16.3. The Morgan fingerprint density at radius 1 is 0.208 bits per heavy atom. The standard InChI is InChI=1S/C133H86N8O3/c1-131(2)101-45-19-15-39-93(101)121-106(131)50-27-53-109(121)141(112-56-30-60-118-124(112)96-42-18-24-57-113(96)142-118)90-73-67-82(68-74-90)88-70-76-115-100(78-88)120-98(44-26-59-117(120)144-115)130-138-127(85-35-11-6-12-36-85)135-128(139-130)86-63-61-80(62-64-86)79-132(3)102-46-20-16-40-94(102)122-107(132)51-28-54-110(122)140(111-55-29-52-108-123(111)95-41-17-23-49-105(95)133(108)103-47-21-13-37-91(103)92-38-14-22-48-104(92)133)89-71-65-81(66-72-89)87-69-75-114-99(77-87)119-97(43-25-58-116(119)143-114)129-136-125(83-31-7-4-8-32-83)134-126(137-129)84-33-9-5-10-34-84/h4-78H,79H2,1-3H3. The molecule has 676 valence electrons. The first-order valence-corrected chi connectivity index (χ1v) is 49.3. The highest BCUT2D eigenvalue weighted by Crippen LogP contribution is 2.67. The van der Waals surface area contributed by atoms with Crippen molar-refractivity contribution < 1.29 is 13.3 Å². The summed E-state index contributed by atoms with van der Waals surface area (Å²) in [4.78, 5) is 36.8. The van der Waals surface area contributed by atoms with E-state index in [9.17, 15) is 0 Å². The Kier molecular flexibility index (Phi) is 18.3. The molecule has 1 unspecified atom stereocenters. The van der Waals surface area contributed by atoms with Crippen molar-refractivity contribution in [2.75, 3.05) is 9.80 Å². The van der Waals surface area contributed by atoms with Gasteiger partial charge in [0.25, 0.3) is 0 Å². The van der Waals surface area contributed by atoms with Gasteiger partial charge in [0.15, 0.2) is 34.9 Å². The van der Waals surface area contributed by atoms with Crippen LogP contribution in [-0.4, -0.2) is 29.9 Å². The highest BCUT2D eigenvalue weighted by molar-refractivity contribution is 6.17. The zero-order valence-electron chi connectivity index (χ0n) is 78.8. The largest absolute Gasteiger partial charge is 0.456 e. The first-order chi connectivity index (χ1) is 71.0. The second-order valence-electron chi connectivity index (χ2n) is 39.1. The van der Waals surface area contributed by atoms with Gasteiger partial charge in [0.2, 0.25) is 0 Å². The molecule has 4 aliphatic carbocycles. The predicted molar refractivity (Wildman–Crippen MR) is 584 cm³/mol. The number of anilines is 6. The van der Waals surface area contributed by atoms with E-state index in [2.05, 4.69) is 376 Å². The first kappa shape index (κ1) is 82.5. The van der Waals surface area contributed by atoms with Crippen LogP contribution in [0.4, 0.5) is 34.1 Å². The van der Waals surface area contributed by atoms with Crippen molar-refractivity contribution in [1.29, 1.82) is 0 Å². The van der Waals surface area contributed by atoms with Crippen LogP contribution >= 0.6 is 0 Å². The number of rotatable bonds is 16. The average molecular weight is 1840 g/mol. The number of nitrogens with zero attached hydrogens (tertiary/aromatic N) is 8. The summed E-state index contributed by atoms with van der Waals surface area (Å²) in [5, 5.41) is 5.91. The molecule has 0 saturated carbocycles. The maximum atomic E-state index is 6.83. The summed E-state index contributed by atoms with van der Waals surface area (Å²) in [6, 6.07) is 164. The van der Waals surface area contributed by atoms with E-state index in [0.717, 1.165) is 156 Å². The van der Waals surface area contributed by atoms with Crippen molar-refractivity contribution in [3.8, 4) is 135 Å². The van der Waals surface area contributed by atoms with Gasteiger partial charge < -0.3 is 23.1 Å². The second-order valence-corrected chi connectivity index (χ2v) is 39.1. The molecule has 0 radical (unpaired) electrons. The van der Waals surface area contributed by atoms with Gasteiger partial charge in [0.1, 0.15) is 33.5 Å². The molecule has 5 heterocycles. The molecule has 11 nitrogen and oxygen atoms in total. The minimum absolute atomic E-state index is 0.202. The molecule has 0 bridgehead atoms. The summed E-state index contributed by atoms with van der Waals surface area (Å²) in [6.07, 6.45) is 0.698. The van der Waals surface area contributed by atoms with Crippen LogP contribution in [0.15, 0.2) is 468 Å². The van der Waals surface area contributed by atoms with Gasteiger partial charge in [0.05, 0.1) is 33.6 Å². The molecule has 1 spiro atoms. The van der Waals surface area contributed by atoms with Crippen molar-refractivity contribution in [2.24, 2.45) is 0 Å². The first-order valence-electron chi connectivity index (χ1n) is 49.3. The fourth-order valence-electron chi connectivity index (χ4n) is 24.4. The maximum Gasteiger partial charge on any atom is 0.164 e. The van der Waals surface area contributed by atoms with Crippen LogP contribution in [0.25, 0.3) is 201 Å². The van der Waals surface area contributed by atoms with E-state index in [-0.39, 0.29) is 5.41 Å². The van der Waals surface area contributed by atoms with Crippen molar-refractivity contribution in [2.45, 2.75) is 43.4 Å². The van der Waals surface area contributed by atoms with E-state index >= 15 is 0 Å². The molecule has 0 saturated heterocycles. The minimum Gasteiger partial charge on any atom is -0.456 e. The van der Waals surface area contributed by atoms with Gasteiger partial charge in [-0.25, -0.2) is 29.9 Å². The number of furan rings is 3. The second kappa shape index (κ2) is 32.0. The molecule has 0 aliphatic heterocycles. The Morgan fingerprint density at radius 2 is 0.528 bits per heavy atom. The Balaban J connectivity index is 0.529. The smallest absolute Gasteiger partial charge is 0.164 e. The van der Waals surface area contributed by atoms with E-state index in [4.69, 9.17) is 43.2 Å². The van der Waals surface area contributed by atoms with Gasteiger partial charge in [-0.2, -0.15) is 0 Å². The molecular weight excluding hydrogens is 1760 g/mol. The Labute approximate surface area is 830 Å². The lowest BCUT2D eigenvalue weighted by Crippen LogP contribution is -2.26. The summed E-state index contributed by atoms with van der Waals surface area (Å²) in [7, 11) is 0. The molecule has 1 atom stereocenters. The van der Waals surface area contributed by atoms with Gasteiger partial charge in [0, 0.05) is 99.2 Å². The molecule has 29 rings (SSSR count). The van der Waals surface area contributed by atoms with E-state index < -0.39 is 10.8 Å². The van der Waals surface area contributed by atoms with Crippen LogP contribution in [0.5, 0.6) is 0 Å². The summed E-state index contributed by atoms with van der Waals surface area (Å²) in [6.45, 7) is 7.13. The number of hydrogen-bond donors (Lipinski definition) is 0. The van der Waals surface area contributed by atoms with Crippen LogP contribution in [0.1, 0.15) is 70.8 Å². The molecule has 0 amide bonds. The van der Waals surface area contributed by atoms with Gasteiger partial charge in [-0.3, -0.25) is 0 Å². The van der Waals surface area contributed by atoms with Crippen LogP contribution < -0.4 is 9.80 Å². The number of hydrogen-bond acceptors (Lipinski definition) is 11. The van der Waals surface area contributed by atoms with Crippen molar-refractivity contribution in [1.82, 2.24) is 29.9 Å². The number of benzene rings is 20. The average Bonchev–Trinajstić information content (AvgIpc) is 1.50. The Bertz CT molecular complexity index is 9520. The molecule has 4 aliphatic rings. The van der Waals surface area contributed by atoms with Gasteiger partial charge >= 0.3 is 0 Å². The fourth-order valence-corrected chi connectivity index (χ4v) is 24.4. The van der Waals surface area contributed by atoms with Gasteiger partial charge in [-0.15, -0.1) is 0 Å². The lowest BCUT2D eigenvalue weighted by Gasteiger charge is -2.33. The van der Waals surface area contributed by atoms with Crippen molar-refractivity contribution in [3.05, 3.63) is 505 Å². The summed E-state index contributed by atoms with van der Waals surface area (Å²) in [5.74, 6) is 3.43. The van der Waals surface area contributed by atoms with Gasteiger partial charge in [-0.1, -0.05) is 379 Å². The molecule has 5 aromatic heterocycles. The summed E-state index contributed by atoms with van der Waals surface area (Å²) < 4.78 is 20.2. The third kappa shape index (κ3) is 12.5. The predicted octanol–water partition coefficient (Wildman–Crippen LogP) is 34.2. The zero-order chi connectivity index (χ0) is 95.2. The van der Waals surface area contributed by atoms with Crippen LogP contribution in [0, 0.1) is 0 Å². The van der Waals surface area contributed by atoms with E-state index in [0.29, 0.717) is 41.4 Å². The van der Waals surface area contributed by atoms with Crippen molar-refractivity contribution in [3.63, 3.8) is 0 Å². The molecule has 11 heteroatoms. The van der Waals surface area contributed by atoms with Crippen molar-refractivity contribution >= 4 is 99.9 Å². The fraction of sp³-hybridized carbons (Fsp3) is 0.0526. The molecule has 25 aromatic rings. The Hall–Kier alpha value is -18.6. The topological polar surface area (TPSA) is 123 Å². The van der Waals surface area contributed by atoms with Crippen LogP contribution in [0.2, 0.25) is 0 Å². The molecular formula is C133H86N8O3. The van der Waals surface area contributed by atoms with Crippen LogP contribution in [0.3, 0.4) is 0 Å². The van der Waals surface area contributed by atoms with Crippen LogP contribution in [-0.2, 0) is 22.7 Å². The summed E-state index contributed by atoms with van der Waals surface area (Å²) in [5.41, 5.74) is 40.5. The molecule has 20 aromatic carbocycles. The lowest BCUT2D eigenvalue weighted by atomic mass is 9.70. The van der Waals surface area contributed by atoms with E-state index in [1.807, 2.05) is 109 Å². The number of para-hydroxylation sites is 1. The molecule has 0 fully saturated rings. The Morgan fingerprint density at radius 3 is 1.03 bits per heavy atom. The van der Waals surface area contributed by atoms with E-state index in [1.165, 1.54) is 94.6 Å².